The second kappa shape index (κ2) is 31.1. The number of carbonyl (C=O) groups excluding carboxylic acids is 2. The molecule has 0 aromatic heterocycles. The molecule has 560 valence electrons. The number of hydrogen-bond acceptors (Lipinski definition) is 29. The molecule has 1 aromatic rings. The lowest BCUT2D eigenvalue weighted by Crippen LogP contribution is -2.78. The van der Waals surface area contributed by atoms with Crippen LogP contribution in [0.1, 0.15) is 125 Å². The zero-order valence-electron chi connectivity index (χ0n) is 58.3. The fourth-order valence-corrected chi connectivity index (χ4v) is 18.0. The van der Waals surface area contributed by atoms with Gasteiger partial charge in [-0.15, -0.1) is 0 Å². The van der Waals surface area contributed by atoms with Crippen molar-refractivity contribution in [2.24, 2.45) is 16.7 Å². The molecule has 10 aliphatic rings. The van der Waals surface area contributed by atoms with Gasteiger partial charge < -0.3 is 132 Å². The second-order valence-corrected chi connectivity index (χ2v) is 29.2. The molecule has 0 bridgehead atoms. The number of esters is 1. The summed E-state index contributed by atoms with van der Waals surface area (Å²) in [4.78, 5) is 27.1. The fraction of sp³-hybridized carbons (Fsp3) is 0.829. The third kappa shape index (κ3) is 14.4. The number of carbonyl (C=O) groups is 2. The topological polar surface area (TPSA) is 393 Å². The van der Waals surface area contributed by atoms with Crippen LogP contribution in [-0.2, 0) is 90.1 Å². The summed E-state index contributed by atoms with van der Waals surface area (Å²) >= 11 is 0. The SMILES string of the molecule is CO[C@H]1C[C@H](O[C@H]2[C@@H](OC)C[C@H](O[C@H]3CC[C@@]4(C)C(=CC[C@]5(O)[C@@H]4C[C@@H](OC(=O)/C=C/c4ccccc4)[C@@]4(C)[C@]5(O)CC[C@]4(O)C(C)=O)C3)O[C@@H]2C)O[C@@H](C)[C@H]1O[C@H]1C[C@H](OC)[C@H](O[C@H]2C[C@@H](OC)[C@@H](O[C@@H]3O[C@H](CO)[C@@H](O[C@@H]4O[C@H](CO)[C@@H](O)[C@H](O)[C@H]4O)[C@H](O)[C@H]3O)[C@H](C)O2)[C@@H](C)O1. The molecule has 6 aliphatic heterocycles. The van der Waals surface area contributed by atoms with Crippen molar-refractivity contribution in [1.82, 2.24) is 0 Å². The van der Waals surface area contributed by atoms with Crippen LogP contribution in [0.5, 0.6) is 0 Å². The van der Waals surface area contributed by atoms with E-state index in [0.29, 0.717) is 32.1 Å². The summed E-state index contributed by atoms with van der Waals surface area (Å²) in [6, 6.07) is 9.24. The van der Waals surface area contributed by atoms with Crippen molar-refractivity contribution in [3.63, 3.8) is 0 Å². The van der Waals surface area contributed by atoms with Crippen LogP contribution < -0.4 is 0 Å². The monoisotopic (exact) mass is 1410 g/mol. The number of aliphatic hydroxyl groups is 10. The quantitative estimate of drug-likeness (QED) is 0.0438. The number of ketones is 1. The fourth-order valence-electron chi connectivity index (χ4n) is 18.0. The number of ether oxygens (including phenoxy) is 17. The summed E-state index contributed by atoms with van der Waals surface area (Å²) in [5.41, 5.74) is -6.45. The summed E-state index contributed by atoms with van der Waals surface area (Å²) in [7, 11) is 6.25. The van der Waals surface area contributed by atoms with Gasteiger partial charge in [-0.3, -0.25) is 4.79 Å². The summed E-state index contributed by atoms with van der Waals surface area (Å²) in [6.07, 6.45) is -20.6. The molecule has 0 amide bonds. The first-order valence-electron chi connectivity index (χ1n) is 34.9. The largest absolute Gasteiger partial charge is 0.458 e. The Balaban J connectivity index is 0.658. The van der Waals surface area contributed by atoms with Crippen LogP contribution in [0.15, 0.2) is 48.1 Å². The molecule has 6 heterocycles. The molecule has 4 aliphatic carbocycles. The average Bonchev–Trinajstić information content (AvgIpc) is 1.60. The van der Waals surface area contributed by atoms with Gasteiger partial charge in [-0.1, -0.05) is 48.9 Å². The summed E-state index contributed by atoms with van der Waals surface area (Å²) in [5.74, 6) is -1.88. The Hall–Kier alpha value is -3.20. The van der Waals surface area contributed by atoms with E-state index in [9.17, 15) is 60.7 Å². The van der Waals surface area contributed by atoms with Crippen molar-refractivity contribution in [3.8, 4) is 0 Å². The molecule has 0 spiro atoms. The van der Waals surface area contributed by atoms with E-state index < -0.39 is 224 Å². The Morgan fingerprint density at radius 3 is 1.51 bits per heavy atom. The lowest BCUT2D eigenvalue weighted by Gasteiger charge is -2.67. The van der Waals surface area contributed by atoms with Crippen molar-refractivity contribution in [2.75, 3.05) is 41.7 Å². The molecule has 0 radical (unpaired) electrons. The van der Waals surface area contributed by atoms with Crippen molar-refractivity contribution in [2.45, 2.75) is 308 Å². The van der Waals surface area contributed by atoms with E-state index in [4.69, 9.17) is 80.5 Å². The van der Waals surface area contributed by atoms with E-state index in [1.165, 1.54) is 20.1 Å². The highest BCUT2D eigenvalue weighted by Crippen LogP contribution is 2.71. The molecule has 9 fully saturated rings. The van der Waals surface area contributed by atoms with Gasteiger partial charge >= 0.3 is 5.97 Å². The number of aliphatic hydroxyl groups excluding tert-OH is 7. The minimum absolute atomic E-state index is 0.0547. The van der Waals surface area contributed by atoms with Gasteiger partial charge in [0.05, 0.1) is 73.6 Å². The van der Waals surface area contributed by atoms with E-state index in [1.807, 2.05) is 57.2 Å². The molecular weight excluding hydrogens is 1300 g/mol. The van der Waals surface area contributed by atoms with Gasteiger partial charge in [-0.25, -0.2) is 4.79 Å². The molecule has 6 saturated heterocycles. The zero-order valence-corrected chi connectivity index (χ0v) is 58.3. The smallest absolute Gasteiger partial charge is 0.331 e. The van der Waals surface area contributed by atoms with Crippen LogP contribution in [0, 0.1) is 16.7 Å². The molecule has 1 aromatic carbocycles. The van der Waals surface area contributed by atoms with E-state index in [0.717, 1.165) is 11.1 Å². The summed E-state index contributed by atoms with van der Waals surface area (Å²) in [6.45, 7) is 10.8. The van der Waals surface area contributed by atoms with Crippen LogP contribution in [0.2, 0.25) is 0 Å². The van der Waals surface area contributed by atoms with Gasteiger partial charge in [0, 0.05) is 66.1 Å². The number of hydrogen-bond donors (Lipinski definition) is 10. The van der Waals surface area contributed by atoms with E-state index in [-0.39, 0.29) is 44.6 Å². The Labute approximate surface area is 577 Å². The maximum absolute atomic E-state index is 13.7. The Morgan fingerprint density at radius 1 is 0.556 bits per heavy atom. The molecule has 34 atom stereocenters. The molecule has 29 heteroatoms. The van der Waals surface area contributed by atoms with Crippen molar-refractivity contribution < 1.29 is 141 Å². The van der Waals surface area contributed by atoms with Gasteiger partial charge in [0.2, 0.25) is 0 Å². The third-order valence-corrected chi connectivity index (χ3v) is 23.8. The summed E-state index contributed by atoms with van der Waals surface area (Å²) < 4.78 is 106. The molecule has 29 nitrogen and oxygen atoms in total. The summed E-state index contributed by atoms with van der Waals surface area (Å²) in [5, 5.41) is 112. The first-order valence-corrected chi connectivity index (χ1v) is 34.9. The third-order valence-electron chi connectivity index (χ3n) is 23.8. The number of benzene rings is 1. The first-order chi connectivity index (χ1) is 47.0. The Bertz CT molecular complexity index is 2930. The van der Waals surface area contributed by atoms with Gasteiger partial charge in [-0.05, 0) is 104 Å². The molecule has 0 unspecified atom stereocenters. The van der Waals surface area contributed by atoms with Crippen LogP contribution in [-0.4, -0.2) is 293 Å². The van der Waals surface area contributed by atoms with Crippen LogP contribution in [0.3, 0.4) is 0 Å². The highest BCUT2D eigenvalue weighted by molar-refractivity contribution is 5.89. The maximum Gasteiger partial charge on any atom is 0.331 e. The molecular formula is C70H106O29. The minimum atomic E-state index is -2.07. The highest BCUT2D eigenvalue weighted by Gasteiger charge is 2.81. The van der Waals surface area contributed by atoms with Gasteiger partial charge in [0.25, 0.3) is 0 Å². The first kappa shape index (κ1) is 76.9. The van der Waals surface area contributed by atoms with Crippen molar-refractivity contribution >= 4 is 17.8 Å². The highest BCUT2D eigenvalue weighted by atomic mass is 16.8. The predicted octanol–water partition coefficient (Wildman–Crippen LogP) is 0.884. The normalized spacial score (nSPS) is 49.5. The number of rotatable bonds is 22. The van der Waals surface area contributed by atoms with Crippen LogP contribution >= 0.6 is 0 Å². The Kier molecular flexibility index (Phi) is 24.2. The van der Waals surface area contributed by atoms with Gasteiger partial charge in [-0.2, -0.15) is 0 Å². The Morgan fingerprint density at radius 2 is 1.02 bits per heavy atom. The number of methoxy groups -OCH3 is 4. The molecule has 10 N–H and O–H groups in total. The molecule has 99 heavy (non-hydrogen) atoms. The number of fused-ring (bicyclic) bond motifs is 5. The van der Waals surface area contributed by atoms with Crippen LogP contribution in [0.4, 0.5) is 0 Å². The van der Waals surface area contributed by atoms with Crippen molar-refractivity contribution in [3.05, 3.63) is 53.6 Å². The number of Topliss-reactive ketones (excluding diaryl/α,β-unsaturated/α-hetero) is 1. The zero-order chi connectivity index (χ0) is 71.4. The molecule has 3 saturated carbocycles. The van der Waals surface area contributed by atoms with Gasteiger partial charge in [0.1, 0.15) is 96.2 Å². The average molecular weight is 1410 g/mol. The minimum Gasteiger partial charge on any atom is -0.458 e. The van der Waals surface area contributed by atoms with E-state index in [2.05, 4.69) is 6.92 Å². The lowest BCUT2D eigenvalue weighted by molar-refractivity contribution is -0.376. The predicted molar refractivity (Wildman–Crippen MR) is 341 cm³/mol. The van der Waals surface area contributed by atoms with Gasteiger partial charge in [0.15, 0.2) is 43.5 Å². The maximum atomic E-state index is 13.7. The standard InChI is InChI=1S/C70H106O29/c1-33-59(41(83-8)26-50(87-33)91-40-20-21-66(6)39(25-40)19-22-69(81)47(66)30-48(94-49(74)18-17-38-15-13-12-14-16-38)67(7)68(80,37(5)73)23-24-70(67,69)82)95-51-27-42(84-9)60(34(2)88-51)96-52-28-43(85-10)61(35(3)89-52)97-53-29-44(86-11)62(36(4)90-53)98-65-58(79)56(77)63(46(32-72)93-65)99-64-57(78)55(76)54(75)45(31-71)92-64/h12-19,33-36,40-48,50-65,71-72,75-82H,20-32H2,1-11H3/b18-17+/t33-,34+,35-,36+,40+,41+,42+,43+,44-,45-,46-,47-,48-,50+,51+,52+,53+,54-,55+,56-,57-,58-,59-,60-,61-,62+,63-,64+,65+,66+,67-,68+,69+,70-/m1/s1. The van der Waals surface area contributed by atoms with Crippen LogP contribution in [0.25, 0.3) is 6.08 Å². The van der Waals surface area contributed by atoms with E-state index >= 15 is 0 Å². The van der Waals surface area contributed by atoms with Crippen molar-refractivity contribution in [1.29, 1.82) is 0 Å². The second-order valence-electron chi connectivity index (χ2n) is 29.2. The molecule has 11 rings (SSSR count). The lowest BCUT2D eigenvalue weighted by atomic mass is 9.42. The van der Waals surface area contributed by atoms with E-state index in [1.54, 1.807) is 41.3 Å².